The number of aromatic nitrogens is 1. The summed E-state index contributed by atoms with van der Waals surface area (Å²) in [5.41, 5.74) is 5.25. The topological polar surface area (TPSA) is 54.6 Å². The maximum Gasteiger partial charge on any atom is 0.271 e. The first-order valence-electron chi connectivity index (χ1n) is 11.0. The summed E-state index contributed by atoms with van der Waals surface area (Å²) in [6, 6.07) is 17.4. The first-order valence-corrected chi connectivity index (χ1v) is 13.0. The Morgan fingerprint density at radius 3 is 2.71 bits per heavy atom. The van der Waals surface area contributed by atoms with Crippen molar-refractivity contribution in [1.82, 2.24) is 4.57 Å². The Kier molecular flexibility index (Phi) is 5.51. The van der Waals surface area contributed by atoms with Gasteiger partial charge in [0.15, 0.2) is 4.80 Å². The molecular formula is C27H17BrClFN2O2S. The molecule has 2 heterocycles. The van der Waals surface area contributed by atoms with Crippen LogP contribution in [-0.2, 0) is 6.42 Å². The number of halogens is 3. The predicted molar refractivity (Wildman–Crippen MR) is 140 cm³/mol. The van der Waals surface area contributed by atoms with E-state index in [1.165, 1.54) is 29.0 Å². The van der Waals surface area contributed by atoms with Crippen LogP contribution in [0.1, 0.15) is 34.7 Å². The Morgan fingerprint density at radius 2 is 1.91 bits per heavy atom. The molecule has 8 heteroatoms. The van der Waals surface area contributed by atoms with E-state index in [4.69, 9.17) is 16.6 Å². The van der Waals surface area contributed by atoms with E-state index in [1.807, 2.05) is 12.1 Å². The fourth-order valence-electron chi connectivity index (χ4n) is 4.80. The standard InChI is InChI=1S/C27H17BrClFN2O2S/c28-17-11-16(25(33)21(29)13-17)12-22-26(34)32-24(15-5-8-18(30)9-6-15)20-10-7-14-3-1-2-4-19(14)23(20)31-27(32)35-22/h1-6,8-9,11-13,24,33H,7,10H2. The summed E-state index contributed by atoms with van der Waals surface area (Å²) in [6.45, 7) is 0. The molecule has 4 nitrogen and oxygen atoms in total. The van der Waals surface area contributed by atoms with Crippen molar-refractivity contribution in [3.05, 3.63) is 123 Å². The second-order valence-electron chi connectivity index (χ2n) is 8.49. The number of fused-ring (bicyclic) bond motifs is 3. The monoisotopic (exact) mass is 566 g/mol. The number of nitrogens with zero attached hydrogens (tertiary/aromatic N) is 2. The molecule has 1 atom stereocenters. The number of aromatic hydroxyl groups is 1. The number of allylic oxidation sites excluding steroid dienone is 1. The molecule has 0 saturated carbocycles. The van der Waals surface area contributed by atoms with Crippen LogP contribution in [0, 0.1) is 5.82 Å². The normalized spacial score (nSPS) is 17.0. The van der Waals surface area contributed by atoms with Crippen LogP contribution in [0.3, 0.4) is 0 Å². The summed E-state index contributed by atoms with van der Waals surface area (Å²) in [5, 5.41) is 10.6. The largest absolute Gasteiger partial charge is 0.506 e. The van der Waals surface area contributed by atoms with Gasteiger partial charge >= 0.3 is 0 Å². The van der Waals surface area contributed by atoms with Crippen molar-refractivity contribution in [3.63, 3.8) is 0 Å². The maximum atomic E-state index is 13.8. The molecule has 174 valence electrons. The smallest absolute Gasteiger partial charge is 0.271 e. The van der Waals surface area contributed by atoms with E-state index in [-0.39, 0.29) is 22.1 Å². The second-order valence-corrected chi connectivity index (χ2v) is 10.8. The van der Waals surface area contributed by atoms with Crippen molar-refractivity contribution in [2.75, 3.05) is 0 Å². The lowest BCUT2D eigenvalue weighted by atomic mass is 9.83. The minimum Gasteiger partial charge on any atom is -0.506 e. The summed E-state index contributed by atoms with van der Waals surface area (Å²) < 4.78 is 16.6. The summed E-state index contributed by atoms with van der Waals surface area (Å²) >= 11 is 10.8. The first kappa shape index (κ1) is 22.5. The lowest BCUT2D eigenvalue weighted by Gasteiger charge is -2.30. The van der Waals surface area contributed by atoms with Gasteiger partial charge in [0, 0.05) is 15.6 Å². The molecule has 0 amide bonds. The van der Waals surface area contributed by atoms with Crippen LogP contribution in [0.4, 0.5) is 4.39 Å². The van der Waals surface area contributed by atoms with Gasteiger partial charge < -0.3 is 5.11 Å². The maximum absolute atomic E-state index is 13.8. The van der Waals surface area contributed by atoms with Gasteiger partial charge in [0.25, 0.3) is 5.56 Å². The van der Waals surface area contributed by atoms with Crippen molar-refractivity contribution in [1.29, 1.82) is 0 Å². The van der Waals surface area contributed by atoms with E-state index in [1.54, 1.807) is 34.9 Å². The fourth-order valence-corrected chi connectivity index (χ4v) is 6.63. The van der Waals surface area contributed by atoms with E-state index in [2.05, 4.69) is 28.1 Å². The third kappa shape index (κ3) is 3.78. The number of rotatable bonds is 2. The van der Waals surface area contributed by atoms with E-state index in [0.29, 0.717) is 19.4 Å². The Labute approximate surface area is 217 Å². The van der Waals surface area contributed by atoms with E-state index >= 15 is 0 Å². The zero-order valence-corrected chi connectivity index (χ0v) is 21.3. The zero-order valence-electron chi connectivity index (χ0n) is 18.1. The Bertz CT molecular complexity index is 1720. The van der Waals surface area contributed by atoms with Crippen LogP contribution in [0.15, 0.2) is 80.5 Å². The number of phenolic OH excluding ortho intramolecular Hbond substituents is 1. The Balaban J connectivity index is 1.64. The molecule has 4 aromatic rings. The van der Waals surface area contributed by atoms with Crippen LogP contribution in [0.2, 0.25) is 5.02 Å². The van der Waals surface area contributed by atoms with Gasteiger partial charge in [-0.3, -0.25) is 9.36 Å². The van der Waals surface area contributed by atoms with Crippen molar-refractivity contribution >= 4 is 50.6 Å². The van der Waals surface area contributed by atoms with Crippen LogP contribution < -0.4 is 14.9 Å². The highest BCUT2D eigenvalue weighted by molar-refractivity contribution is 9.10. The average Bonchev–Trinajstić information content (AvgIpc) is 3.16. The molecule has 2 aliphatic rings. The molecule has 6 rings (SSSR count). The fraction of sp³-hybridized carbons (Fsp3) is 0.111. The van der Waals surface area contributed by atoms with Gasteiger partial charge in [-0.05, 0) is 59.9 Å². The molecule has 1 N–H and O–H groups in total. The molecule has 0 spiro atoms. The Hall–Kier alpha value is -3.00. The van der Waals surface area contributed by atoms with Crippen molar-refractivity contribution < 1.29 is 9.50 Å². The summed E-state index contributed by atoms with van der Waals surface area (Å²) in [5.74, 6) is -0.421. The molecule has 1 aliphatic heterocycles. The van der Waals surface area contributed by atoms with E-state index in [9.17, 15) is 14.3 Å². The van der Waals surface area contributed by atoms with Crippen LogP contribution in [0.5, 0.6) is 5.75 Å². The molecule has 1 aliphatic carbocycles. The van der Waals surface area contributed by atoms with Gasteiger partial charge in [-0.25, -0.2) is 9.38 Å². The molecular weight excluding hydrogens is 551 g/mol. The van der Waals surface area contributed by atoms with Crippen LogP contribution >= 0.6 is 38.9 Å². The minimum atomic E-state index is -0.392. The highest BCUT2D eigenvalue weighted by Crippen LogP contribution is 2.41. The third-order valence-electron chi connectivity index (χ3n) is 6.40. The minimum absolute atomic E-state index is 0.0935. The quantitative estimate of drug-likeness (QED) is 0.344. The number of hydrogen-bond acceptors (Lipinski definition) is 4. The van der Waals surface area contributed by atoms with E-state index < -0.39 is 6.04 Å². The molecule has 0 fully saturated rings. The molecule has 3 aromatic carbocycles. The van der Waals surface area contributed by atoms with Crippen LogP contribution in [-0.4, -0.2) is 9.67 Å². The third-order valence-corrected chi connectivity index (χ3v) is 8.13. The predicted octanol–water partition coefficient (Wildman–Crippen LogP) is 5.58. The lowest BCUT2D eigenvalue weighted by molar-refractivity contribution is 0.474. The summed E-state index contributed by atoms with van der Waals surface area (Å²) in [6.07, 6.45) is 3.23. The van der Waals surface area contributed by atoms with Crippen LogP contribution in [0.25, 0.3) is 11.8 Å². The first-order chi connectivity index (χ1) is 16.9. The van der Waals surface area contributed by atoms with Gasteiger partial charge in [0.2, 0.25) is 0 Å². The summed E-state index contributed by atoms with van der Waals surface area (Å²) in [4.78, 5) is 19.2. The number of aryl methyl sites for hydroxylation is 1. The Morgan fingerprint density at radius 1 is 1.14 bits per heavy atom. The molecule has 0 radical (unpaired) electrons. The van der Waals surface area contributed by atoms with Gasteiger partial charge in [-0.15, -0.1) is 0 Å². The summed E-state index contributed by atoms with van der Waals surface area (Å²) in [7, 11) is 0. The molecule has 0 saturated heterocycles. The van der Waals surface area contributed by atoms with Gasteiger partial charge in [0.1, 0.15) is 11.6 Å². The lowest BCUT2D eigenvalue weighted by Crippen LogP contribution is -2.38. The SMILES string of the molecule is O=c1c(=Cc2cc(Br)cc(Cl)c2O)sc2n1C(c1ccc(F)cc1)C1=C(N=2)c2ccccc2CC1. The van der Waals surface area contributed by atoms with E-state index in [0.717, 1.165) is 35.2 Å². The molecule has 35 heavy (non-hydrogen) atoms. The van der Waals surface area contributed by atoms with Gasteiger partial charge in [-0.1, -0.05) is 75.3 Å². The molecule has 0 bridgehead atoms. The van der Waals surface area contributed by atoms with Crippen molar-refractivity contribution in [2.24, 2.45) is 4.99 Å². The molecule has 1 aromatic heterocycles. The number of benzene rings is 3. The van der Waals surface area contributed by atoms with Crippen molar-refractivity contribution in [3.8, 4) is 5.75 Å². The number of phenols is 1. The van der Waals surface area contributed by atoms with Crippen molar-refractivity contribution in [2.45, 2.75) is 18.9 Å². The average molecular weight is 568 g/mol. The highest BCUT2D eigenvalue weighted by Gasteiger charge is 2.32. The number of thiazole rings is 1. The highest BCUT2D eigenvalue weighted by atomic mass is 79.9. The van der Waals surface area contributed by atoms with Gasteiger partial charge in [0.05, 0.1) is 21.3 Å². The number of hydrogen-bond donors (Lipinski definition) is 1. The second kappa shape index (κ2) is 8.59. The molecule has 1 unspecified atom stereocenters. The van der Waals surface area contributed by atoms with Gasteiger partial charge in [-0.2, -0.15) is 0 Å². The zero-order chi connectivity index (χ0) is 24.3.